The number of rotatable bonds is 1. The highest BCUT2D eigenvalue weighted by atomic mass is 32.1. The molecule has 5 nitrogen and oxygen atoms in total. The zero-order chi connectivity index (χ0) is 13.5. The maximum Gasteiger partial charge on any atom is 0.256 e. The summed E-state index contributed by atoms with van der Waals surface area (Å²) in [6, 6.07) is 3.94. The number of ether oxygens (including phenoxy) is 1. The Kier molecular flexibility index (Phi) is 2.80. The summed E-state index contributed by atoms with van der Waals surface area (Å²) >= 11 is 1.56. The van der Waals surface area contributed by atoms with Crippen LogP contribution in [0.2, 0.25) is 0 Å². The van der Waals surface area contributed by atoms with Crippen LogP contribution in [0, 0.1) is 0 Å². The lowest BCUT2D eigenvalue weighted by Crippen LogP contribution is -2.40. The fraction of sp³-hybridized carbons (Fsp3) is 0.286. The molecule has 0 saturated carbocycles. The number of carbonyl (C=O) groups excluding carboxylic acids is 1. The minimum Gasteiger partial charge on any atom is -0.378 e. The van der Waals surface area contributed by atoms with Gasteiger partial charge in [0.1, 0.15) is 0 Å². The van der Waals surface area contributed by atoms with Crippen LogP contribution in [0.1, 0.15) is 5.56 Å². The first kappa shape index (κ1) is 12.0. The number of nitrogens with one attached hydrogen (secondary N) is 2. The Morgan fingerprint density at radius 1 is 1.45 bits per heavy atom. The van der Waals surface area contributed by atoms with E-state index in [-0.39, 0.29) is 11.9 Å². The summed E-state index contributed by atoms with van der Waals surface area (Å²) in [6.45, 7) is 2.14. The summed E-state index contributed by atoms with van der Waals surface area (Å²) in [5.41, 5.74) is 5.31. The van der Waals surface area contributed by atoms with Crippen LogP contribution in [0.25, 0.3) is 15.8 Å². The largest absolute Gasteiger partial charge is 0.378 e. The average molecular weight is 287 g/mol. The van der Waals surface area contributed by atoms with Gasteiger partial charge in [-0.15, -0.1) is 11.3 Å². The van der Waals surface area contributed by atoms with Crippen molar-refractivity contribution in [3.63, 3.8) is 0 Å². The zero-order valence-electron chi connectivity index (χ0n) is 10.7. The van der Waals surface area contributed by atoms with Gasteiger partial charge in [-0.3, -0.25) is 4.79 Å². The lowest BCUT2D eigenvalue weighted by atomic mass is 10.0. The second kappa shape index (κ2) is 4.66. The van der Waals surface area contributed by atoms with E-state index in [1.54, 1.807) is 11.3 Å². The molecular formula is C14H13N3O2S. The van der Waals surface area contributed by atoms with E-state index in [9.17, 15) is 4.79 Å². The van der Waals surface area contributed by atoms with Crippen molar-refractivity contribution in [1.82, 2.24) is 10.3 Å². The second-order valence-electron chi connectivity index (χ2n) is 4.86. The number of amides is 1. The molecule has 4 rings (SSSR count). The molecule has 2 aromatic rings. The summed E-state index contributed by atoms with van der Waals surface area (Å²) in [5, 5.41) is 6.27. The van der Waals surface area contributed by atoms with E-state index in [2.05, 4.69) is 15.6 Å². The third kappa shape index (κ3) is 1.84. The number of thiazole rings is 1. The molecular weight excluding hydrogens is 274 g/mol. The first-order valence-electron chi connectivity index (χ1n) is 6.54. The molecule has 0 radical (unpaired) electrons. The van der Waals surface area contributed by atoms with Crippen molar-refractivity contribution >= 4 is 38.7 Å². The van der Waals surface area contributed by atoms with E-state index in [4.69, 9.17) is 4.74 Å². The van der Waals surface area contributed by atoms with Gasteiger partial charge in [0.2, 0.25) is 0 Å². The first-order chi connectivity index (χ1) is 9.83. The molecule has 1 aromatic carbocycles. The highest BCUT2D eigenvalue weighted by Gasteiger charge is 2.28. The van der Waals surface area contributed by atoms with Gasteiger partial charge in [0, 0.05) is 23.7 Å². The predicted octanol–water partition coefficient (Wildman–Crippen LogP) is 1.62. The number of nitrogens with zero attached hydrogens (tertiary/aromatic N) is 1. The average Bonchev–Trinajstić information content (AvgIpc) is 3.05. The van der Waals surface area contributed by atoms with Crippen molar-refractivity contribution in [3.8, 4) is 0 Å². The van der Waals surface area contributed by atoms with E-state index >= 15 is 0 Å². The summed E-state index contributed by atoms with van der Waals surface area (Å²) in [4.78, 5) is 16.5. The molecule has 0 aliphatic carbocycles. The first-order valence-corrected chi connectivity index (χ1v) is 7.42. The molecule has 1 aromatic heterocycles. The van der Waals surface area contributed by atoms with E-state index in [0.29, 0.717) is 6.61 Å². The molecule has 20 heavy (non-hydrogen) atoms. The summed E-state index contributed by atoms with van der Waals surface area (Å²) in [5.74, 6) is -0.0479. The minimum absolute atomic E-state index is 0.0479. The van der Waals surface area contributed by atoms with Gasteiger partial charge in [-0.1, -0.05) is 6.08 Å². The summed E-state index contributed by atoms with van der Waals surface area (Å²) < 4.78 is 6.50. The Labute approximate surface area is 119 Å². The molecule has 1 fully saturated rings. The van der Waals surface area contributed by atoms with E-state index < -0.39 is 0 Å². The zero-order valence-corrected chi connectivity index (χ0v) is 11.5. The number of hydrogen-bond donors (Lipinski definition) is 2. The molecule has 0 bridgehead atoms. The molecule has 2 N–H and O–H groups in total. The van der Waals surface area contributed by atoms with Crippen LogP contribution in [0.5, 0.6) is 0 Å². The van der Waals surface area contributed by atoms with Gasteiger partial charge in [0.05, 0.1) is 34.6 Å². The van der Waals surface area contributed by atoms with E-state index in [0.717, 1.165) is 40.2 Å². The summed E-state index contributed by atoms with van der Waals surface area (Å²) in [7, 11) is 0. The van der Waals surface area contributed by atoms with Crippen LogP contribution < -0.4 is 10.6 Å². The molecule has 1 amide bonds. The fourth-order valence-corrected chi connectivity index (χ4v) is 3.51. The van der Waals surface area contributed by atoms with Gasteiger partial charge in [0.15, 0.2) is 0 Å². The van der Waals surface area contributed by atoms with Crippen LogP contribution >= 0.6 is 11.3 Å². The lowest BCUT2D eigenvalue weighted by Gasteiger charge is -2.21. The number of anilines is 1. The Morgan fingerprint density at radius 2 is 2.40 bits per heavy atom. The molecule has 6 heteroatoms. The van der Waals surface area contributed by atoms with Crippen molar-refractivity contribution < 1.29 is 9.53 Å². The van der Waals surface area contributed by atoms with Crippen LogP contribution in [-0.2, 0) is 9.53 Å². The van der Waals surface area contributed by atoms with Crippen molar-refractivity contribution in [3.05, 3.63) is 29.3 Å². The normalized spacial score (nSPS) is 24.1. The molecule has 3 heterocycles. The van der Waals surface area contributed by atoms with Gasteiger partial charge in [-0.2, -0.15) is 0 Å². The Balaban J connectivity index is 1.83. The Morgan fingerprint density at radius 3 is 3.25 bits per heavy atom. The third-order valence-electron chi connectivity index (χ3n) is 3.58. The monoisotopic (exact) mass is 287 g/mol. The quantitative estimate of drug-likeness (QED) is 0.782. The molecule has 2 aliphatic heterocycles. The van der Waals surface area contributed by atoms with Crippen LogP contribution in [-0.4, -0.2) is 36.7 Å². The molecule has 102 valence electrons. The standard InChI is InChI=1S/C14H13N3O2S/c18-14-9(5-8-6-19-4-3-15-8)12-10(17-14)1-2-11-13(12)20-7-16-11/h1-2,5,7-8,15H,3-4,6H2,(H,17,18)/b9-5-. The lowest BCUT2D eigenvalue weighted by molar-refractivity contribution is -0.110. The SMILES string of the molecule is O=C1Nc2ccc3ncsc3c2/C1=C/C1COCCN1. The van der Waals surface area contributed by atoms with Crippen molar-refractivity contribution in [2.45, 2.75) is 6.04 Å². The van der Waals surface area contributed by atoms with E-state index in [1.807, 2.05) is 23.7 Å². The van der Waals surface area contributed by atoms with Crippen LogP contribution in [0.3, 0.4) is 0 Å². The number of fused-ring (bicyclic) bond motifs is 3. The summed E-state index contributed by atoms with van der Waals surface area (Å²) in [6.07, 6.45) is 1.97. The van der Waals surface area contributed by atoms with Gasteiger partial charge in [0.25, 0.3) is 5.91 Å². The maximum atomic E-state index is 12.2. The Bertz CT molecular complexity index is 716. The topological polar surface area (TPSA) is 63.2 Å². The van der Waals surface area contributed by atoms with Gasteiger partial charge in [-0.05, 0) is 12.1 Å². The van der Waals surface area contributed by atoms with Crippen LogP contribution in [0.15, 0.2) is 23.7 Å². The second-order valence-corrected chi connectivity index (χ2v) is 5.71. The van der Waals surface area contributed by atoms with Crippen molar-refractivity contribution in [2.75, 3.05) is 25.1 Å². The van der Waals surface area contributed by atoms with Crippen molar-refractivity contribution in [2.24, 2.45) is 0 Å². The molecule has 2 aliphatic rings. The number of morpholine rings is 1. The molecule has 1 unspecified atom stereocenters. The van der Waals surface area contributed by atoms with Crippen molar-refractivity contribution in [1.29, 1.82) is 0 Å². The maximum absolute atomic E-state index is 12.2. The number of hydrogen-bond acceptors (Lipinski definition) is 5. The van der Waals surface area contributed by atoms with Crippen LogP contribution in [0.4, 0.5) is 5.69 Å². The number of benzene rings is 1. The molecule has 0 spiro atoms. The number of aromatic nitrogens is 1. The van der Waals surface area contributed by atoms with Gasteiger partial charge in [-0.25, -0.2) is 4.98 Å². The number of carbonyl (C=O) groups is 1. The highest BCUT2D eigenvalue weighted by molar-refractivity contribution is 7.17. The van der Waals surface area contributed by atoms with Gasteiger partial charge < -0.3 is 15.4 Å². The smallest absolute Gasteiger partial charge is 0.256 e. The molecule has 1 saturated heterocycles. The third-order valence-corrected chi connectivity index (χ3v) is 4.44. The predicted molar refractivity (Wildman–Crippen MR) is 78.8 cm³/mol. The fourth-order valence-electron chi connectivity index (χ4n) is 2.66. The van der Waals surface area contributed by atoms with Gasteiger partial charge >= 0.3 is 0 Å². The highest BCUT2D eigenvalue weighted by Crippen LogP contribution is 2.39. The minimum atomic E-state index is -0.0479. The molecule has 1 atom stereocenters. The van der Waals surface area contributed by atoms with E-state index in [1.165, 1.54) is 0 Å². The Hall–Kier alpha value is -1.76.